The molecule has 3 heterocycles. The van der Waals surface area contributed by atoms with Crippen molar-refractivity contribution in [1.82, 2.24) is 14.3 Å². The molecule has 0 spiro atoms. The Morgan fingerprint density at radius 3 is 3.05 bits per heavy atom. The largest absolute Gasteiger partial charge is 0.468 e. The van der Waals surface area contributed by atoms with E-state index in [2.05, 4.69) is 33.5 Å². The number of aryl methyl sites for hydroxylation is 1. The number of hydrogen-bond donors (Lipinski definition) is 0. The molecule has 1 saturated heterocycles. The van der Waals surface area contributed by atoms with Crippen molar-refractivity contribution in [2.45, 2.75) is 38.8 Å². The molecule has 0 saturated carbocycles. The standard InChI is InChI=1S/C16H21N3O2/c1-12-6-5-8-15-17-13(11-19(12)15)10-18-9-4-3-7-14(18)16(20)21-2/h5-6,8,11,14H,3-4,7,9-10H2,1-2H3/t14-/m1/s1. The number of hydrogen-bond acceptors (Lipinski definition) is 4. The van der Waals surface area contributed by atoms with Gasteiger partial charge in [0.25, 0.3) is 0 Å². The summed E-state index contributed by atoms with van der Waals surface area (Å²) < 4.78 is 7.02. The van der Waals surface area contributed by atoms with Crippen LogP contribution in [-0.2, 0) is 16.1 Å². The molecular formula is C16H21N3O2. The van der Waals surface area contributed by atoms with Crippen molar-refractivity contribution in [2.24, 2.45) is 0 Å². The summed E-state index contributed by atoms with van der Waals surface area (Å²) in [6.07, 6.45) is 5.15. The third-order valence-electron chi connectivity index (χ3n) is 4.20. The number of esters is 1. The summed E-state index contributed by atoms with van der Waals surface area (Å²) in [4.78, 5) is 18.7. The summed E-state index contributed by atoms with van der Waals surface area (Å²) in [5.41, 5.74) is 3.12. The molecule has 2 aromatic heterocycles. The van der Waals surface area contributed by atoms with Crippen LogP contribution in [0.15, 0.2) is 24.4 Å². The SMILES string of the molecule is COC(=O)[C@H]1CCCCN1Cc1cn2c(C)cccc2n1. The summed E-state index contributed by atoms with van der Waals surface area (Å²) in [7, 11) is 1.46. The van der Waals surface area contributed by atoms with Crippen LogP contribution in [0.1, 0.15) is 30.7 Å². The lowest BCUT2D eigenvalue weighted by Gasteiger charge is -2.33. The van der Waals surface area contributed by atoms with Gasteiger partial charge in [0.05, 0.1) is 12.8 Å². The van der Waals surface area contributed by atoms with E-state index in [0.717, 1.165) is 42.8 Å². The molecule has 0 aromatic carbocycles. The minimum absolute atomic E-state index is 0.130. The van der Waals surface area contributed by atoms with Gasteiger partial charge in [-0.2, -0.15) is 0 Å². The van der Waals surface area contributed by atoms with Gasteiger partial charge in [-0.3, -0.25) is 9.69 Å². The molecule has 21 heavy (non-hydrogen) atoms. The van der Waals surface area contributed by atoms with Crippen molar-refractivity contribution < 1.29 is 9.53 Å². The van der Waals surface area contributed by atoms with E-state index in [1.807, 2.05) is 12.1 Å². The maximum atomic E-state index is 11.9. The quantitative estimate of drug-likeness (QED) is 0.812. The maximum absolute atomic E-state index is 11.9. The summed E-state index contributed by atoms with van der Waals surface area (Å²) >= 11 is 0. The van der Waals surface area contributed by atoms with Crippen molar-refractivity contribution in [3.63, 3.8) is 0 Å². The fourth-order valence-corrected chi connectivity index (χ4v) is 3.07. The first-order valence-corrected chi connectivity index (χ1v) is 7.44. The second-order valence-electron chi connectivity index (χ2n) is 5.63. The van der Waals surface area contributed by atoms with Crippen molar-refractivity contribution >= 4 is 11.6 Å². The lowest BCUT2D eigenvalue weighted by atomic mass is 10.0. The van der Waals surface area contributed by atoms with Crippen LogP contribution >= 0.6 is 0 Å². The van der Waals surface area contributed by atoms with Crippen LogP contribution in [0.3, 0.4) is 0 Å². The van der Waals surface area contributed by atoms with Crippen LogP contribution in [0, 0.1) is 6.92 Å². The molecule has 112 valence electrons. The molecule has 1 aliphatic heterocycles. The molecule has 5 nitrogen and oxygen atoms in total. The summed E-state index contributed by atoms with van der Waals surface area (Å²) in [5.74, 6) is -0.130. The van der Waals surface area contributed by atoms with Gasteiger partial charge in [0, 0.05) is 18.4 Å². The van der Waals surface area contributed by atoms with Crippen LogP contribution in [0.25, 0.3) is 5.65 Å². The second kappa shape index (κ2) is 5.85. The highest BCUT2D eigenvalue weighted by atomic mass is 16.5. The van der Waals surface area contributed by atoms with Gasteiger partial charge in [-0.05, 0) is 38.4 Å². The molecule has 0 N–H and O–H groups in total. The number of aromatic nitrogens is 2. The molecule has 0 bridgehead atoms. The molecular weight excluding hydrogens is 266 g/mol. The second-order valence-corrected chi connectivity index (χ2v) is 5.63. The Morgan fingerprint density at radius 2 is 2.29 bits per heavy atom. The van der Waals surface area contributed by atoms with Crippen LogP contribution in [-0.4, -0.2) is 40.0 Å². The third-order valence-corrected chi connectivity index (χ3v) is 4.20. The van der Waals surface area contributed by atoms with Gasteiger partial charge in [0.1, 0.15) is 11.7 Å². The van der Waals surface area contributed by atoms with Crippen LogP contribution in [0.2, 0.25) is 0 Å². The van der Waals surface area contributed by atoms with Gasteiger partial charge in [0.15, 0.2) is 0 Å². The lowest BCUT2D eigenvalue weighted by molar-refractivity contribution is -0.148. The predicted octanol–water partition coefficient (Wildman–Crippen LogP) is 2.17. The highest BCUT2D eigenvalue weighted by Gasteiger charge is 2.29. The number of methoxy groups -OCH3 is 1. The molecule has 1 aliphatic rings. The summed E-state index contributed by atoms with van der Waals surface area (Å²) in [5, 5.41) is 0. The topological polar surface area (TPSA) is 46.8 Å². The number of carbonyl (C=O) groups is 1. The minimum Gasteiger partial charge on any atom is -0.468 e. The van der Waals surface area contributed by atoms with Gasteiger partial charge in [-0.15, -0.1) is 0 Å². The molecule has 1 fully saturated rings. The number of carbonyl (C=O) groups excluding carboxylic acids is 1. The van der Waals surface area contributed by atoms with E-state index in [9.17, 15) is 4.79 Å². The highest BCUT2D eigenvalue weighted by molar-refractivity contribution is 5.75. The Labute approximate surface area is 124 Å². The average molecular weight is 287 g/mol. The molecule has 2 aromatic rings. The molecule has 0 radical (unpaired) electrons. The van der Waals surface area contributed by atoms with E-state index >= 15 is 0 Å². The smallest absolute Gasteiger partial charge is 0.323 e. The van der Waals surface area contributed by atoms with Gasteiger partial charge in [-0.1, -0.05) is 12.5 Å². The lowest BCUT2D eigenvalue weighted by Crippen LogP contribution is -2.44. The number of pyridine rings is 1. The first-order valence-electron chi connectivity index (χ1n) is 7.44. The fraction of sp³-hybridized carbons (Fsp3) is 0.500. The normalized spacial score (nSPS) is 19.8. The molecule has 0 unspecified atom stereocenters. The van der Waals surface area contributed by atoms with Crippen LogP contribution < -0.4 is 0 Å². The maximum Gasteiger partial charge on any atom is 0.323 e. The monoisotopic (exact) mass is 287 g/mol. The van der Waals surface area contributed by atoms with Gasteiger partial charge < -0.3 is 9.14 Å². The third kappa shape index (κ3) is 2.78. The molecule has 5 heteroatoms. The molecule has 0 amide bonds. The number of rotatable bonds is 3. The minimum atomic E-state index is -0.130. The number of nitrogens with zero attached hydrogens (tertiary/aromatic N) is 3. The molecule has 1 atom stereocenters. The van der Waals surface area contributed by atoms with E-state index < -0.39 is 0 Å². The van der Waals surface area contributed by atoms with E-state index in [1.165, 1.54) is 7.11 Å². The van der Waals surface area contributed by atoms with Gasteiger partial charge in [0.2, 0.25) is 0 Å². The van der Waals surface area contributed by atoms with Crippen LogP contribution in [0.5, 0.6) is 0 Å². The molecule has 3 rings (SSSR count). The average Bonchev–Trinajstić information content (AvgIpc) is 2.91. The van der Waals surface area contributed by atoms with Crippen LogP contribution in [0.4, 0.5) is 0 Å². The number of ether oxygens (including phenoxy) is 1. The zero-order valence-electron chi connectivity index (χ0n) is 12.6. The van der Waals surface area contributed by atoms with Crippen molar-refractivity contribution in [1.29, 1.82) is 0 Å². The van der Waals surface area contributed by atoms with E-state index in [-0.39, 0.29) is 12.0 Å². The predicted molar refractivity (Wildman–Crippen MR) is 80.0 cm³/mol. The summed E-state index contributed by atoms with van der Waals surface area (Å²) in [6.45, 7) is 3.68. The Hall–Kier alpha value is -1.88. The van der Waals surface area contributed by atoms with Crippen molar-refractivity contribution in [3.8, 4) is 0 Å². The summed E-state index contributed by atoms with van der Waals surface area (Å²) in [6, 6.07) is 5.95. The fourth-order valence-electron chi connectivity index (χ4n) is 3.07. The zero-order valence-corrected chi connectivity index (χ0v) is 12.6. The Morgan fingerprint density at radius 1 is 1.43 bits per heavy atom. The van der Waals surface area contributed by atoms with E-state index in [4.69, 9.17) is 4.74 Å². The first kappa shape index (κ1) is 14.1. The number of piperidine rings is 1. The van der Waals surface area contributed by atoms with Crippen molar-refractivity contribution in [2.75, 3.05) is 13.7 Å². The zero-order chi connectivity index (χ0) is 14.8. The van der Waals surface area contributed by atoms with Gasteiger partial charge >= 0.3 is 5.97 Å². The number of imidazole rings is 1. The van der Waals surface area contributed by atoms with Gasteiger partial charge in [-0.25, -0.2) is 4.98 Å². The van der Waals surface area contributed by atoms with E-state index in [0.29, 0.717) is 6.54 Å². The first-order chi connectivity index (χ1) is 10.2. The molecule has 0 aliphatic carbocycles. The number of fused-ring (bicyclic) bond motifs is 1. The Bertz CT molecular complexity index is 650. The van der Waals surface area contributed by atoms with Crippen molar-refractivity contribution in [3.05, 3.63) is 35.8 Å². The highest BCUT2D eigenvalue weighted by Crippen LogP contribution is 2.21. The van der Waals surface area contributed by atoms with E-state index in [1.54, 1.807) is 0 Å². The number of likely N-dealkylation sites (tertiary alicyclic amines) is 1. The Kier molecular flexibility index (Phi) is 3.92. The Balaban J connectivity index is 1.82.